The van der Waals surface area contributed by atoms with E-state index < -0.39 is 0 Å². The third kappa shape index (κ3) is 2.47. The van der Waals surface area contributed by atoms with E-state index in [2.05, 4.69) is 13.0 Å². The molecule has 0 saturated carbocycles. The largest absolute Gasteiger partial charge is 0.497 e. The fraction of sp³-hybridized carbons (Fsp3) is 0.222. The Hall–Kier alpha value is -2.42. The lowest BCUT2D eigenvalue weighted by Crippen LogP contribution is -2.09. The van der Waals surface area contributed by atoms with E-state index in [1.54, 1.807) is 14.2 Å². The van der Waals surface area contributed by atoms with Crippen molar-refractivity contribution in [1.29, 1.82) is 0 Å². The fourth-order valence-electron chi connectivity index (χ4n) is 2.59. The number of methoxy groups -OCH3 is 2. The highest BCUT2D eigenvalue weighted by Crippen LogP contribution is 2.39. The standard InChI is InChI=1S/C18H18O3/c1-12-16-10-15(20-3)7-8-18(16)21-11-17(12)13-5-4-6-14(9-13)19-2/h4-10H,11H2,1-3H3. The van der Waals surface area contributed by atoms with Gasteiger partial charge in [-0.2, -0.15) is 0 Å². The Morgan fingerprint density at radius 3 is 2.48 bits per heavy atom. The normalized spacial score (nSPS) is 13.5. The first-order chi connectivity index (χ1) is 10.2. The molecule has 0 fully saturated rings. The molecule has 3 nitrogen and oxygen atoms in total. The maximum atomic E-state index is 5.88. The highest BCUT2D eigenvalue weighted by molar-refractivity contribution is 5.94. The first kappa shape index (κ1) is 13.6. The first-order valence-corrected chi connectivity index (χ1v) is 6.88. The van der Waals surface area contributed by atoms with Crippen LogP contribution in [0.4, 0.5) is 0 Å². The summed E-state index contributed by atoms with van der Waals surface area (Å²) in [5.41, 5.74) is 4.59. The molecule has 0 atom stereocenters. The molecule has 0 amide bonds. The Morgan fingerprint density at radius 1 is 0.952 bits per heavy atom. The molecule has 0 aromatic heterocycles. The summed E-state index contributed by atoms with van der Waals surface area (Å²) in [5, 5.41) is 0. The van der Waals surface area contributed by atoms with Crippen LogP contribution in [0.25, 0.3) is 11.1 Å². The van der Waals surface area contributed by atoms with Gasteiger partial charge < -0.3 is 14.2 Å². The molecular weight excluding hydrogens is 264 g/mol. The molecule has 0 saturated heterocycles. The van der Waals surface area contributed by atoms with E-state index >= 15 is 0 Å². The van der Waals surface area contributed by atoms with E-state index in [1.165, 1.54) is 11.1 Å². The van der Waals surface area contributed by atoms with Crippen molar-refractivity contribution in [2.45, 2.75) is 6.92 Å². The number of allylic oxidation sites excluding steroid dienone is 1. The molecule has 1 aliphatic rings. The molecule has 0 N–H and O–H groups in total. The summed E-state index contributed by atoms with van der Waals surface area (Å²) in [6.45, 7) is 2.69. The maximum absolute atomic E-state index is 5.88. The number of fused-ring (bicyclic) bond motifs is 1. The summed E-state index contributed by atoms with van der Waals surface area (Å²) >= 11 is 0. The van der Waals surface area contributed by atoms with Crippen LogP contribution in [-0.4, -0.2) is 20.8 Å². The van der Waals surface area contributed by atoms with Gasteiger partial charge in [0.25, 0.3) is 0 Å². The summed E-state index contributed by atoms with van der Waals surface area (Å²) in [5.74, 6) is 2.59. The summed E-state index contributed by atoms with van der Waals surface area (Å²) < 4.78 is 16.5. The minimum Gasteiger partial charge on any atom is -0.497 e. The van der Waals surface area contributed by atoms with E-state index in [0.29, 0.717) is 6.61 Å². The van der Waals surface area contributed by atoms with Crippen LogP contribution in [0, 0.1) is 0 Å². The topological polar surface area (TPSA) is 27.7 Å². The molecule has 3 rings (SSSR count). The number of ether oxygens (including phenoxy) is 3. The maximum Gasteiger partial charge on any atom is 0.127 e. The van der Waals surface area contributed by atoms with Gasteiger partial charge >= 0.3 is 0 Å². The average molecular weight is 282 g/mol. The van der Waals surface area contributed by atoms with Crippen molar-refractivity contribution in [2.75, 3.05) is 20.8 Å². The SMILES string of the molecule is COc1cccc(C2=C(C)c3cc(OC)ccc3OC2)c1. The zero-order valence-corrected chi connectivity index (χ0v) is 12.5. The third-order valence-electron chi connectivity index (χ3n) is 3.83. The molecular formula is C18H18O3. The molecule has 0 bridgehead atoms. The van der Waals surface area contributed by atoms with Gasteiger partial charge in [-0.05, 0) is 48.4 Å². The molecule has 2 aromatic carbocycles. The monoisotopic (exact) mass is 282 g/mol. The van der Waals surface area contributed by atoms with E-state index in [4.69, 9.17) is 14.2 Å². The molecule has 0 radical (unpaired) electrons. The Balaban J connectivity index is 2.09. The van der Waals surface area contributed by atoms with E-state index in [0.717, 1.165) is 28.4 Å². The van der Waals surface area contributed by atoms with Gasteiger partial charge in [-0.3, -0.25) is 0 Å². The van der Waals surface area contributed by atoms with Gasteiger partial charge in [0.05, 0.1) is 14.2 Å². The molecule has 2 aromatic rings. The lowest BCUT2D eigenvalue weighted by molar-refractivity contribution is 0.362. The van der Waals surface area contributed by atoms with Crippen LogP contribution in [0.15, 0.2) is 42.5 Å². The minimum atomic E-state index is 0.568. The average Bonchev–Trinajstić information content (AvgIpc) is 2.55. The van der Waals surface area contributed by atoms with Crippen LogP contribution < -0.4 is 14.2 Å². The number of hydrogen-bond donors (Lipinski definition) is 0. The van der Waals surface area contributed by atoms with Crippen molar-refractivity contribution < 1.29 is 14.2 Å². The zero-order valence-electron chi connectivity index (χ0n) is 12.5. The van der Waals surface area contributed by atoms with Gasteiger partial charge in [-0.25, -0.2) is 0 Å². The van der Waals surface area contributed by atoms with Gasteiger partial charge in [0.2, 0.25) is 0 Å². The Bertz CT molecular complexity index is 701. The Labute approximate surface area is 124 Å². The molecule has 21 heavy (non-hydrogen) atoms. The molecule has 0 unspecified atom stereocenters. The highest BCUT2D eigenvalue weighted by Gasteiger charge is 2.19. The fourth-order valence-corrected chi connectivity index (χ4v) is 2.59. The van der Waals surface area contributed by atoms with Crippen molar-refractivity contribution in [3.05, 3.63) is 53.6 Å². The van der Waals surface area contributed by atoms with E-state index in [9.17, 15) is 0 Å². The second-order valence-electron chi connectivity index (χ2n) is 4.99. The van der Waals surface area contributed by atoms with Crippen LogP contribution in [0.1, 0.15) is 18.1 Å². The molecule has 1 heterocycles. The van der Waals surface area contributed by atoms with Crippen LogP contribution in [-0.2, 0) is 0 Å². The van der Waals surface area contributed by atoms with Crippen LogP contribution in [0.3, 0.4) is 0 Å². The van der Waals surface area contributed by atoms with Crippen molar-refractivity contribution >= 4 is 11.1 Å². The second-order valence-corrected chi connectivity index (χ2v) is 4.99. The number of benzene rings is 2. The molecule has 1 aliphatic heterocycles. The molecule has 0 aliphatic carbocycles. The molecule has 3 heteroatoms. The van der Waals surface area contributed by atoms with Crippen LogP contribution in [0.5, 0.6) is 17.2 Å². The lowest BCUT2D eigenvalue weighted by Gasteiger charge is -2.23. The van der Waals surface area contributed by atoms with E-state index in [-0.39, 0.29) is 0 Å². The minimum absolute atomic E-state index is 0.568. The van der Waals surface area contributed by atoms with Gasteiger partial charge in [0, 0.05) is 11.1 Å². The third-order valence-corrected chi connectivity index (χ3v) is 3.83. The lowest BCUT2D eigenvalue weighted by atomic mass is 9.93. The van der Waals surface area contributed by atoms with Crippen molar-refractivity contribution in [3.63, 3.8) is 0 Å². The summed E-state index contributed by atoms with van der Waals surface area (Å²) in [6.07, 6.45) is 0. The molecule has 108 valence electrons. The van der Waals surface area contributed by atoms with Crippen molar-refractivity contribution in [2.24, 2.45) is 0 Å². The Morgan fingerprint density at radius 2 is 1.71 bits per heavy atom. The van der Waals surface area contributed by atoms with Crippen LogP contribution >= 0.6 is 0 Å². The zero-order chi connectivity index (χ0) is 14.8. The van der Waals surface area contributed by atoms with Gasteiger partial charge in [-0.15, -0.1) is 0 Å². The van der Waals surface area contributed by atoms with Crippen molar-refractivity contribution in [3.8, 4) is 17.2 Å². The summed E-state index contributed by atoms with van der Waals surface area (Å²) in [7, 11) is 3.35. The van der Waals surface area contributed by atoms with Gasteiger partial charge in [0.1, 0.15) is 23.9 Å². The predicted molar refractivity (Wildman–Crippen MR) is 84.0 cm³/mol. The summed E-state index contributed by atoms with van der Waals surface area (Å²) in [6, 6.07) is 13.9. The number of rotatable bonds is 3. The first-order valence-electron chi connectivity index (χ1n) is 6.88. The number of hydrogen-bond acceptors (Lipinski definition) is 3. The summed E-state index contributed by atoms with van der Waals surface area (Å²) in [4.78, 5) is 0. The smallest absolute Gasteiger partial charge is 0.127 e. The van der Waals surface area contributed by atoms with E-state index in [1.807, 2.05) is 36.4 Å². The van der Waals surface area contributed by atoms with Crippen molar-refractivity contribution in [1.82, 2.24) is 0 Å². The second kappa shape index (κ2) is 5.52. The van der Waals surface area contributed by atoms with Gasteiger partial charge in [0.15, 0.2) is 0 Å². The Kier molecular flexibility index (Phi) is 3.57. The molecule has 0 spiro atoms. The van der Waals surface area contributed by atoms with Gasteiger partial charge in [-0.1, -0.05) is 12.1 Å². The quantitative estimate of drug-likeness (QED) is 0.850. The predicted octanol–water partition coefficient (Wildman–Crippen LogP) is 4.03. The van der Waals surface area contributed by atoms with Crippen LogP contribution in [0.2, 0.25) is 0 Å². The highest BCUT2D eigenvalue weighted by atomic mass is 16.5.